The lowest BCUT2D eigenvalue weighted by atomic mass is 10.1. The first-order valence-corrected chi connectivity index (χ1v) is 11.2. The molecule has 2 N–H and O–H groups in total. The minimum absolute atomic E-state index is 0.0713. The molecule has 1 aliphatic rings. The van der Waals surface area contributed by atoms with Gasteiger partial charge in [-0.15, -0.1) is 0 Å². The van der Waals surface area contributed by atoms with E-state index in [2.05, 4.69) is 15.2 Å². The van der Waals surface area contributed by atoms with Gasteiger partial charge in [-0.25, -0.2) is 8.42 Å². The monoisotopic (exact) mass is 397 g/mol. The van der Waals surface area contributed by atoms with Gasteiger partial charge in [-0.3, -0.25) is 9.69 Å². The number of aromatic amines is 1. The number of aromatic nitrogens is 1. The first-order chi connectivity index (χ1) is 13.4. The minimum Gasteiger partial charge on any atom is -0.381 e. The Labute approximate surface area is 164 Å². The molecule has 7 heteroatoms. The summed E-state index contributed by atoms with van der Waals surface area (Å²) < 4.78 is 23.1. The number of sulfone groups is 1. The molecule has 146 valence electrons. The zero-order valence-electron chi connectivity index (χ0n) is 15.7. The Bertz CT molecular complexity index is 1150. The Morgan fingerprint density at radius 3 is 2.68 bits per heavy atom. The number of fused-ring (bicyclic) bond motifs is 1. The van der Waals surface area contributed by atoms with Crippen LogP contribution >= 0.6 is 0 Å². The summed E-state index contributed by atoms with van der Waals surface area (Å²) in [6.07, 6.45) is 3.93. The molecule has 1 fully saturated rings. The normalized spacial score (nSPS) is 17.8. The third-order valence-corrected chi connectivity index (χ3v) is 6.30. The molecule has 1 aliphatic heterocycles. The maximum absolute atomic E-state index is 11.8. The number of H-pyrrole nitrogens is 1. The molecule has 1 aromatic heterocycles. The van der Waals surface area contributed by atoms with Crippen LogP contribution in [0.5, 0.6) is 0 Å². The van der Waals surface area contributed by atoms with Crippen LogP contribution in [0.2, 0.25) is 0 Å². The van der Waals surface area contributed by atoms with Gasteiger partial charge in [-0.05, 0) is 53.8 Å². The second-order valence-electron chi connectivity index (χ2n) is 7.39. The van der Waals surface area contributed by atoms with E-state index in [0.29, 0.717) is 16.3 Å². The number of pyridine rings is 1. The topological polar surface area (TPSA) is 82.3 Å². The molecule has 28 heavy (non-hydrogen) atoms. The Kier molecular flexibility index (Phi) is 4.95. The number of rotatable bonds is 5. The number of hydrogen-bond donors (Lipinski definition) is 2. The molecule has 3 aromatic rings. The first-order valence-electron chi connectivity index (χ1n) is 9.28. The van der Waals surface area contributed by atoms with Gasteiger partial charge in [0.15, 0.2) is 9.84 Å². The molecular formula is C21H23N3O3S. The molecule has 0 amide bonds. The summed E-state index contributed by atoms with van der Waals surface area (Å²) in [7, 11) is -3.15. The molecular weight excluding hydrogens is 374 g/mol. The Morgan fingerprint density at radius 1 is 1.14 bits per heavy atom. The third-order valence-electron chi connectivity index (χ3n) is 5.17. The van der Waals surface area contributed by atoms with Crippen molar-refractivity contribution in [1.82, 2.24) is 9.88 Å². The maximum atomic E-state index is 11.8. The molecule has 1 atom stereocenters. The Balaban J connectivity index is 1.38. The number of benzene rings is 2. The average molecular weight is 398 g/mol. The van der Waals surface area contributed by atoms with E-state index in [0.717, 1.165) is 42.7 Å². The summed E-state index contributed by atoms with van der Waals surface area (Å²) >= 11 is 0. The van der Waals surface area contributed by atoms with Crippen LogP contribution in [0.1, 0.15) is 12.0 Å². The number of hydrogen-bond acceptors (Lipinski definition) is 5. The van der Waals surface area contributed by atoms with Crippen molar-refractivity contribution in [3.8, 4) is 0 Å². The number of likely N-dealkylation sites (tertiary alicyclic amines) is 1. The van der Waals surface area contributed by atoms with Gasteiger partial charge in [0.25, 0.3) is 5.56 Å². The van der Waals surface area contributed by atoms with Crippen LogP contribution in [-0.2, 0) is 16.4 Å². The molecule has 4 rings (SSSR count). The lowest BCUT2D eigenvalue weighted by Crippen LogP contribution is -2.26. The molecule has 0 bridgehead atoms. The van der Waals surface area contributed by atoms with Crippen LogP contribution in [-0.4, -0.2) is 43.7 Å². The SMILES string of the molecule is CS(=O)(=O)c1ccc(CN2CC[C@H](Nc3ccc4c(=O)[nH]ccc4c3)C2)cc1. The lowest BCUT2D eigenvalue weighted by Gasteiger charge is -2.18. The minimum atomic E-state index is -3.15. The predicted octanol–water partition coefficient (Wildman–Crippen LogP) is 2.62. The van der Waals surface area contributed by atoms with E-state index < -0.39 is 9.84 Å². The molecule has 2 aromatic carbocycles. The van der Waals surface area contributed by atoms with Gasteiger partial charge in [-0.2, -0.15) is 0 Å². The summed E-state index contributed by atoms with van der Waals surface area (Å²) in [5.74, 6) is 0. The third kappa shape index (κ3) is 4.10. The summed E-state index contributed by atoms with van der Waals surface area (Å²) in [6.45, 7) is 2.70. The van der Waals surface area contributed by atoms with Crippen molar-refractivity contribution in [3.63, 3.8) is 0 Å². The van der Waals surface area contributed by atoms with Crippen LogP contribution in [0, 0.1) is 0 Å². The zero-order chi connectivity index (χ0) is 19.7. The summed E-state index contributed by atoms with van der Waals surface area (Å²) in [4.78, 5) is 17.2. The largest absolute Gasteiger partial charge is 0.381 e. The van der Waals surface area contributed by atoms with E-state index in [9.17, 15) is 13.2 Å². The first kappa shape index (κ1) is 18.7. The molecule has 1 saturated heterocycles. The summed E-state index contributed by atoms with van der Waals surface area (Å²) in [5.41, 5.74) is 2.05. The van der Waals surface area contributed by atoms with Crippen LogP contribution < -0.4 is 10.9 Å². The van der Waals surface area contributed by atoms with Crippen molar-refractivity contribution < 1.29 is 8.42 Å². The molecule has 0 spiro atoms. The van der Waals surface area contributed by atoms with Crippen LogP contribution in [0.15, 0.2) is 64.4 Å². The van der Waals surface area contributed by atoms with Crippen molar-refractivity contribution in [2.45, 2.75) is 23.9 Å². The summed E-state index contributed by atoms with van der Waals surface area (Å²) in [6, 6.07) is 15.2. The van der Waals surface area contributed by atoms with E-state index in [4.69, 9.17) is 0 Å². The van der Waals surface area contributed by atoms with Gasteiger partial charge >= 0.3 is 0 Å². The van der Waals surface area contributed by atoms with Gasteiger partial charge in [0.2, 0.25) is 0 Å². The van der Waals surface area contributed by atoms with E-state index >= 15 is 0 Å². The van der Waals surface area contributed by atoms with Gasteiger partial charge in [-0.1, -0.05) is 12.1 Å². The molecule has 0 saturated carbocycles. The quantitative estimate of drug-likeness (QED) is 0.692. The summed E-state index contributed by atoms with van der Waals surface area (Å²) in [5, 5.41) is 5.18. The van der Waals surface area contributed by atoms with Gasteiger partial charge in [0, 0.05) is 49.2 Å². The number of nitrogens with one attached hydrogen (secondary N) is 2. The molecule has 2 heterocycles. The Morgan fingerprint density at radius 2 is 1.93 bits per heavy atom. The zero-order valence-corrected chi connectivity index (χ0v) is 16.5. The van der Waals surface area contributed by atoms with Gasteiger partial charge in [0.1, 0.15) is 0 Å². The highest BCUT2D eigenvalue weighted by Gasteiger charge is 2.22. The van der Waals surface area contributed by atoms with Crippen molar-refractivity contribution in [2.24, 2.45) is 0 Å². The fourth-order valence-corrected chi connectivity index (χ4v) is 4.34. The van der Waals surface area contributed by atoms with Gasteiger partial charge < -0.3 is 10.3 Å². The van der Waals surface area contributed by atoms with Crippen molar-refractivity contribution in [2.75, 3.05) is 24.7 Å². The maximum Gasteiger partial charge on any atom is 0.255 e. The molecule has 0 radical (unpaired) electrons. The highest BCUT2D eigenvalue weighted by atomic mass is 32.2. The molecule has 0 aliphatic carbocycles. The number of anilines is 1. The highest BCUT2D eigenvalue weighted by molar-refractivity contribution is 7.90. The molecule has 0 unspecified atom stereocenters. The van der Waals surface area contributed by atoms with E-state index in [1.807, 2.05) is 36.4 Å². The second kappa shape index (κ2) is 7.41. The average Bonchev–Trinajstić information content (AvgIpc) is 3.08. The van der Waals surface area contributed by atoms with Gasteiger partial charge in [0.05, 0.1) is 4.90 Å². The second-order valence-corrected chi connectivity index (χ2v) is 9.41. The lowest BCUT2D eigenvalue weighted by molar-refractivity contribution is 0.328. The highest BCUT2D eigenvalue weighted by Crippen LogP contribution is 2.21. The standard InChI is InChI=1S/C21H23N3O3S/c1-28(26,27)19-5-2-15(3-6-19)13-24-11-9-18(14-24)23-17-4-7-20-16(12-17)8-10-22-21(20)25/h2-8,10,12,18,23H,9,11,13-14H2,1H3,(H,22,25)/t18-/m0/s1. The van der Waals surface area contributed by atoms with Crippen molar-refractivity contribution in [1.29, 1.82) is 0 Å². The molecule has 6 nitrogen and oxygen atoms in total. The van der Waals surface area contributed by atoms with Crippen molar-refractivity contribution in [3.05, 3.63) is 70.6 Å². The van der Waals surface area contributed by atoms with E-state index in [1.165, 1.54) is 6.26 Å². The fraction of sp³-hybridized carbons (Fsp3) is 0.286. The van der Waals surface area contributed by atoms with Crippen molar-refractivity contribution >= 4 is 26.3 Å². The smallest absolute Gasteiger partial charge is 0.255 e. The Hall–Kier alpha value is -2.64. The number of nitrogens with zero attached hydrogens (tertiary/aromatic N) is 1. The predicted molar refractivity (Wildman–Crippen MR) is 111 cm³/mol. The van der Waals surface area contributed by atoms with Crippen LogP contribution in [0.4, 0.5) is 5.69 Å². The van der Waals surface area contributed by atoms with Crippen LogP contribution in [0.25, 0.3) is 10.8 Å². The van der Waals surface area contributed by atoms with E-state index in [1.54, 1.807) is 18.3 Å². The van der Waals surface area contributed by atoms with E-state index in [-0.39, 0.29) is 5.56 Å². The van der Waals surface area contributed by atoms with Crippen LogP contribution in [0.3, 0.4) is 0 Å². The fourth-order valence-electron chi connectivity index (χ4n) is 3.71.